The van der Waals surface area contributed by atoms with Crippen LogP contribution in [0.3, 0.4) is 0 Å². The lowest BCUT2D eigenvalue weighted by atomic mass is 10.1. The van der Waals surface area contributed by atoms with E-state index in [1.807, 2.05) is 30.3 Å². The highest BCUT2D eigenvalue weighted by Gasteiger charge is 2.09. The van der Waals surface area contributed by atoms with Crippen molar-refractivity contribution in [2.24, 2.45) is 0 Å². The summed E-state index contributed by atoms with van der Waals surface area (Å²) in [4.78, 5) is 4.35. The van der Waals surface area contributed by atoms with E-state index < -0.39 is 0 Å². The van der Waals surface area contributed by atoms with Crippen molar-refractivity contribution in [2.45, 2.75) is 39.5 Å². The van der Waals surface area contributed by atoms with E-state index in [4.69, 9.17) is 4.74 Å². The number of pyridine rings is 1. The zero-order chi connectivity index (χ0) is 14.4. The van der Waals surface area contributed by atoms with Crippen molar-refractivity contribution in [2.75, 3.05) is 0 Å². The molecule has 1 aromatic heterocycles. The second kappa shape index (κ2) is 6.53. The molecule has 106 valence electrons. The fourth-order valence-corrected chi connectivity index (χ4v) is 1.74. The zero-order valence-electron chi connectivity index (χ0n) is 12.4. The van der Waals surface area contributed by atoms with Crippen LogP contribution in [-0.4, -0.2) is 10.5 Å². The predicted octanol–water partition coefficient (Wildman–Crippen LogP) is 3.55. The van der Waals surface area contributed by atoms with Crippen LogP contribution in [0.15, 0.2) is 48.7 Å². The Morgan fingerprint density at radius 3 is 2.55 bits per heavy atom. The van der Waals surface area contributed by atoms with Crippen molar-refractivity contribution in [3.05, 3.63) is 59.9 Å². The molecule has 0 saturated carbocycles. The fraction of sp³-hybridized carbons (Fsp3) is 0.353. The molecule has 0 aliphatic heterocycles. The molecule has 1 heterocycles. The summed E-state index contributed by atoms with van der Waals surface area (Å²) in [5, 5.41) is 3.42. The highest BCUT2D eigenvalue weighted by Crippen LogP contribution is 2.14. The van der Waals surface area contributed by atoms with E-state index in [1.165, 1.54) is 5.56 Å². The molecule has 0 amide bonds. The Hall–Kier alpha value is -1.87. The highest BCUT2D eigenvalue weighted by molar-refractivity contribution is 5.23. The van der Waals surface area contributed by atoms with Gasteiger partial charge in [-0.2, -0.15) is 0 Å². The van der Waals surface area contributed by atoms with Crippen molar-refractivity contribution in [1.29, 1.82) is 0 Å². The van der Waals surface area contributed by atoms with Crippen LogP contribution in [-0.2, 0) is 13.2 Å². The van der Waals surface area contributed by atoms with Crippen LogP contribution in [0, 0.1) is 0 Å². The van der Waals surface area contributed by atoms with Gasteiger partial charge in [-0.25, -0.2) is 0 Å². The highest BCUT2D eigenvalue weighted by atomic mass is 16.5. The summed E-state index contributed by atoms with van der Waals surface area (Å²) in [5.74, 6) is 0.856. The number of nitrogens with zero attached hydrogens (tertiary/aromatic N) is 1. The van der Waals surface area contributed by atoms with Gasteiger partial charge in [-0.05, 0) is 32.4 Å². The first-order chi connectivity index (χ1) is 9.53. The van der Waals surface area contributed by atoms with Gasteiger partial charge in [0.05, 0.1) is 5.69 Å². The van der Waals surface area contributed by atoms with E-state index in [9.17, 15) is 0 Å². The Morgan fingerprint density at radius 1 is 1.10 bits per heavy atom. The molecule has 2 aromatic rings. The minimum Gasteiger partial charge on any atom is -0.489 e. The number of aromatic nitrogens is 1. The third kappa shape index (κ3) is 5.02. The van der Waals surface area contributed by atoms with E-state index in [0.717, 1.165) is 18.0 Å². The predicted molar refractivity (Wildman–Crippen MR) is 81.6 cm³/mol. The molecule has 2 rings (SSSR count). The smallest absolute Gasteiger partial charge is 0.123 e. The average Bonchev–Trinajstić information content (AvgIpc) is 2.44. The van der Waals surface area contributed by atoms with E-state index in [2.05, 4.69) is 43.2 Å². The van der Waals surface area contributed by atoms with Crippen LogP contribution in [0.25, 0.3) is 0 Å². The van der Waals surface area contributed by atoms with E-state index in [0.29, 0.717) is 6.61 Å². The van der Waals surface area contributed by atoms with Gasteiger partial charge in [0.15, 0.2) is 0 Å². The normalized spacial score (nSPS) is 11.3. The molecule has 3 heteroatoms. The second-order valence-corrected chi connectivity index (χ2v) is 5.86. The van der Waals surface area contributed by atoms with Crippen molar-refractivity contribution in [3.8, 4) is 5.75 Å². The molecule has 0 unspecified atom stereocenters. The molecule has 0 radical (unpaired) electrons. The minimum atomic E-state index is 0.0859. The number of rotatable bonds is 5. The van der Waals surface area contributed by atoms with Crippen molar-refractivity contribution in [1.82, 2.24) is 10.3 Å². The van der Waals surface area contributed by atoms with Crippen molar-refractivity contribution < 1.29 is 4.74 Å². The maximum atomic E-state index is 5.80. The number of benzene rings is 1. The molecule has 1 aromatic carbocycles. The molecule has 0 bridgehead atoms. The van der Waals surface area contributed by atoms with Gasteiger partial charge in [-0.1, -0.05) is 30.3 Å². The van der Waals surface area contributed by atoms with E-state index >= 15 is 0 Å². The first-order valence-corrected chi connectivity index (χ1v) is 6.90. The third-order valence-electron chi connectivity index (χ3n) is 2.84. The molecule has 3 nitrogen and oxygen atoms in total. The molecule has 0 aliphatic carbocycles. The molecule has 0 aliphatic rings. The van der Waals surface area contributed by atoms with Gasteiger partial charge in [0.25, 0.3) is 0 Å². The van der Waals surface area contributed by atoms with Crippen LogP contribution >= 0.6 is 0 Å². The standard InChI is InChI=1S/C17H22N2O/c1-17(2,3)19-12-15-11-16(9-10-18-15)20-13-14-7-5-4-6-8-14/h4-11,19H,12-13H2,1-3H3. The van der Waals surface area contributed by atoms with E-state index in [1.54, 1.807) is 6.20 Å². The number of hydrogen-bond donors (Lipinski definition) is 1. The van der Waals surface area contributed by atoms with Gasteiger partial charge in [-0.15, -0.1) is 0 Å². The molecule has 1 N–H and O–H groups in total. The van der Waals surface area contributed by atoms with Gasteiger partial charge in [-0.3, -0.25) is 4.98 Å². The Kier molecular flexibility index (Phi) is 4.74. The Morgan fingerprint density at radius 2 is 1.85 bits per heavy atom. The first-order valence-electron chi connectivity index (χ1n) is 6.90. The molecule has 0 saturated heterocycles. The summed E-state index contributed by atoms with van der Waals surface area (Å²) in [6, 6.07) is 14.0. The van der Waals surface area contributed by atoms with Gasteiger partial charge in [0.1, 0.15) is 12.4 Å². The second-order valence-electron chi connectivity index (χ2n) is 5.86. The van der Waals surface area contributed by atoms with Gasteiger partial charge in [0.2, 0.25) is 0 Å². The summed E-state index contributed by atoms with van der Waals surface area (Å²) in [5.41, 5.74) is 2.24. The van der Waals surface area contributed by atoms with Crippen LogP contribution in [0.1, 0.15) is 32.0 Å². The SMILES string of the molecule is CC(C)(C)NCc1cc(OCc2ccccc2)ccn1. The van der Waals surface area contributed by atoms with Crippen molar-refractivity contribution >= 4 is 0 Å². The van der Waals surface area contributed by atoms with Gasteiger partial charge < -0.3 is 10.1 Å². The number of hydrogen-bond acceptors (Lipinski definition) is 3. The Bertz CT molecular complexity index is 532. The van der Waals surface area contributed by atoms with Gasteiger partial charge in [0, 0.05) is 24.3 Å². The Labute approximate surface area is 121 Å². The summed E-state index contributed by atoms with van der Waals surface area (Å²) in [6.07, 6.45) is 1.79. The first kappa shape index (κ1) is 14.5. The summed E-state index contributed by atoms with van der Waals surface area (Å²) >= 11 is 0. The third-order valence-corrected chi connectivity index (χ3v) is 2.84. The quantitative estimate of drug-likeness (QED) is 0.902. The molecular weight excluding hydrogens is 248 g/mol. The maximum Gasteiger partial charge on any atom is 0.123 e. The molecular formula is C17H22N2O. The topological polar surface area (TPSA) is 34.1 Å². The number of ether oxygens (including phenoxy) is 1. The molecule has 0 fully saturated rings. The zero-order valence-corrected chi connectivity index (χ0v) is 12.4. The summed E-state index contributed by atoms with van der Waals surface area (Å²) in [7, 11) is 0. The lowest BCUT2D eigenvalue weighted by molar-refractivity contribution is 0.305. The average molecular weight is 270 g/mol. The number of nitrogens with one attached hydrogen (secondary N) is 1. The molecule has 0 atom stereocenters. The van der Waals surface area contributed by atoms with Gasteiger partial charge >= 0.3 is 0 Å². The molecule has 20 heavy (non-hydrogen) atoms. The lowest BCUT2D eigenvalue weighted by Crippen LogP contribution is -2.35. The fourth-order valence-electron chi connectivity index (χ4n) is 1.74. The Balaban J connectivity index is 1.92. The minimum absolute atomic E-state index is 0.0859. The molecule has 0 spiro atoms. The lowest BCUT2D eigenvalue weighted by Gasteiger charge is -2.20. The van der Waals surface area contributed by atoms with Crippen LogP contribution in [0.2, 0.25) is 0 Å². The van der Waals surface area contributed by atoms with E-state index in [-0.39, 0.29) is 5.54 Å². The van der Waals surface area contributed by atoms with Crippen LogP contribution in [0.4, 0.5) is 0 Å². The van der Waals surface area contributed by atoms with Crippen LogP contribution < -0.4 is 10.1 Å². The summed E-state index contributed by atoms with van der Waals surface area (Å²) < 4.78 is 5.80. The maximum absolute atomic E-state index is 5.80. The monoisotopic (exact) mass is 270 g/mol. The largest absolute Gasteiger partial charge is 0.489 e. The van der Waals surface area contributed by atoms with Crippen molar-refractivity contribution in [3.63, 3.8) is 0 Å². The summed E-state index contributed by atoms with van der Waals surface area (Å²) in [6.45, 7) is 7.75. The van der Waals surface area contributed by atoms with Crippen LogP contribution in [0.5, 0.6) is 5.75 Å².